The quantitative estimate of drug-likeness (QED) is 0.472. The van der Waals surface area contributed by atoms with Crippen LogP contribution in [-0.2, 0) is 16.1 Å². The minimum Gasteiger partial charge on any atom is -0.493 e. The van der Waals surface area contributed by atoms with E-state index in [1.54, 1.807) is 18.2 Å². The number of hydrogen-bond acceptors (Lipinski definition) is 4. The molecule has 0 radical (unpaired) electrons. The second-order valence-electron chi connectivity index (χ2n) is 4.98. The molecule has 2 aromatic carbocycles. The van der Waals surface area contributed by atoms with Gasteiger partial charge in [-0.25, -0.2) is 5.43 Å². The molecule has 2 amide bonds. The summed E-state index contributed by atoms with van der Waals surface area (Å²) in [5.74, 6) is -1.04. The zero-order valence-electron chi connectivity index (χ0n) is 13.7. The van der Waals surface area contributed by atoms with Crippen LogP contribution in [-0.4, -0.2) is 24.6 Å². The standard InChI is InChI=1S/C18H18ClN3O3/c1-2-25-16-9-8-15(19)10-14(16)12-21-22-18(24)17(23)20-11-13-6-4-3-5-7-13/h3-10,12H,2,11H2,1H3,(H,20,23)(H,22,24)/b21-12-. The Morgan fingerprint density at radius 3 is 2.64 bits per heavy atom. The van der Waals surface area contributed by atoms with Crippen LogP contribution >= 0.6 is 11.6 Å². The van der Waals surface area contributed by atoms with Crippen LogP contribution < -0.4 is 15.5 Å². The Morgan fingerprint density at radius 1 is 1.16 bits per heavy atom. The molecule has 0 aliphatic carbocycles. The third kappa shape index (κ3) is 5.93. The molecule has 0 fully saturated rings. The van der Waals surface area contributed by atoms with E-state index >= 15 is 0 Å². The molecule has 7 heteroatoms. The van der Waals surface area contributed by atoms with Gasteiger partial charge in [0.1, 0.15) is 5.75 Å². The Kier molecular flexibility index (Phi) is 6.98. The third-order valence-corrected chi connectivity index (χ3v) is 3.38. The molecular weight excluding hydrogens is 342 g/mol. The van der Waals surface area contributed by atoms with Gasteiger partial charge in [0.15, 0.2) is 0 Å². The van der Waals surface area contributed by atoms with Gasteiger partial charge in [0.05, 0.1) is 12.8 Å². The summed E-state index contributed by atoms with van der Waals surface area (Å²) in [4.78, 5) is 23.5. The maximum Gasteiger partial charge on any atom is 0.329 e. The van der Waals surface area contributed by atoms with Crippen LogP contribution in [0.15, 0.2) is 53.6 Å². The maximum absolute atomic E-state index is 11.7. The molecule has 0 saturated carbocycles. The molecule has 0 aromatic heterocycles. The Bertz CT molecular complexity index is 763. The highest BCUT2D eigenvalue weighted by molar-refractivity contribution is 6.35. The minimum atomic E-state index is -0.854. The fourth-order valence-electron chi connectivity index (χ4n) is 1.98. The van der Waals surface area contributed by atoms with Gasteiger partial charge in [-0.1, -0.05) is 41.9 Å². The average molecular weight is 360 g/mol. The molecule has 0 saturated heterocycles. The molecule has 0 aliphatic rings. The Morgan fingerprint density at radius 2 is 1.92 bits per heavy atom. The van der Waals surface area contributed by atoms with Gasteiger partial charge < -0.3 is 10.1 Å². The van der Waals surface area contributed by atoms with Crippen LogP contribution in [0.1, 0.15) is 18.1 Å². The zero-order chi connectivity index (χ0) is 18.1. The van der Waals surface area contributed by atoms with Crippen molar-refractivity contribution in [1.29, 1.82) is 0 Å². The molecule has 0 spiro atoms. The fourth-order valence-corrected chi connectivity index (χ4v) is 2.16. The molecule has 130 valence electrons. The van der Waals surface area contributed by atoms with Crippen molar-refractivity contribution < 1.29 is 14.3 Å². The lowest BCUT2D eigenvalue weighted by Gasteiger charge is -2.07. The number of nitrogens with one attached hydrogen (secondary N) is 2. The lowest BCUT2D eigenvalue weighted by atomic mass is 10.2. The first-order valence-electron chi connectivity index (χ1n) is 7.67. The number of halogens is 1. The van der Waals surface area contributed by atoms with Crippen LogP contribution in [0, 0.1) is 0 Å². The van der Waals surface area contributed by atoms with E-state index in [-0.39, 0.29) is 6.54 Å². The first kappa shape index (κ1) is 18.5. The summed E-state index contributed by atoms with van der Waals surface area (Å²) in [6.45, 7) is 2.60. The highest BCUT2D eigenvalue weighted by Gasteiger charge is 2.12. The molecule has 0 unspecified atom stereocenters. The van der Waals surface area contributed by atoms with E-state index in [0.29, 0.717) is 22.9 Å². The number of amides is 2. The van der Waals surface area contributed by atoms with Crippen LogP contribution in [0.5, 0.6) is 5.75 Å². The number of ether oxygens (including phenoxy) is 1. The maximum atomic E-state index is 11.7. The highest BCUT2D eigenvalue weighted by atomic mass is 35.5. The molecule has 0 heterocycles. The lowest BCUT2D eigenvalue weighted by Crippen LogP contribution is -2.37. The van der Waals surface area contributed by atoms with Crippen molar-refractivity contribution in [2.75, 3.05) is 6.61 Å². The predicted molar refractivity (Wildman–Crippen MR) is 96.6 cm³/mol. The van der Waals surface area contributed by atoms with Gasteiger partial charge in [-0.3, -0.25) is 9.59 Å². The van der Waals surface area contributed by atoms with E-state index in [2.05, 4.69) is 15.8 Å². The van der Waals surface area contributed by atoms with Gasteiger partial charge in [-0.15, -0.1) is 0 Å². The average Bonchev–Trinajstić information content (AvgIpc) is 2.62. The Hall–Kier alpha value is -2.86. The molecule has 0 bridgehead atoms. The van der Waals surface area contributed by atoms with Crippen molar-refractivity contribution in [2.24, 2.45) is 5.10 Å². The highest BCUT2D eigenvalue weighted by Crippen LogP contribution is 2.21. The Balaban J connectivity index is 1.89. The molecule has 0 atom stereocenters. The van der Waals surface area contributed by atoms with Crippen molar-refractivity contribution in [2.45, 2.75) is 13.5 Å². The van der Waals surface area contributed by atoms with Crippen LogP contribution in [0.3, 0.4) is 0 Å². The molecule has 25 heavy (non-hydrogen) atoms. The predicted octanol–water partition coefficient (Wildman–Crippen LogP) is 2.51. The fraction of sp³-hybridized carbons (Fsp3) is 0.167. The largest absolute Gasteiger partial charge is 0.493 e. The zero-order valence-corrected chi connectivity index (χ0v) is 14.4. The summed E-state index contributed by atoms with van der Waals surface area (Å²) in [6.07, 6.45) is 1.37. The number of benzene rings is 2. The second-order valence-corrected chi connectivity index (χ2v) is 5.42. The van der Waals surface area contributed by atoms with Crippen molar-refractivity contribution in [1.82, 2.24) is 10.7 Å². The monoisotopic (exact) mass is 359 g/mol. The van der Waals surface area contributed by atoms with Crippen LogP contribution in [0.4, 0.5) is 0 Å². The van der Waals surface area contributed by atoms with Gasteiger partial charge in [-0.05, 0) is 30.7 Å². The smallest absolute Gasteiger partial charge is 0.329 e. The molecule has 6 nitrogen and oxygen atoms in total. The van der Waals surface area contributed by atoms with Gasteiger partial charge >= 0.3 is 11.8 Å². The van der Waals surface area contributed by atoms with E-state index in [1.807, 2.05) is 37.3 Å². The van der Waals surface area contributed by atoms with Gasteiger partial charge in [-0.2, -0.15) is 5.10 Å². The summed E-state index contributed by atoms with van der Waals surface area (Å²) >= 11 is 5.94. The van der Waals surface area contributed by atoms with Crippen molar-refractivity contribution in [3.05, 3.63) is 64.7 Å². The second kappa shape index (κ2) is 9.44. The lowest BCUT2D eigenvalue weighted by molar-refractivity contribution is -0.139. The number of nitrogens with zero attached hydrogens (tertiary/aromatic N) is 1. The van der Waals surface area contributed by atoms with E-state index in [1.165, 1.54) is 6.21 Å². The normalized spacial score (nSPS) is 10.5. The Labute approximate surface area is 150 Å². The van der Waals surface area contributed by atoms with Crippen LogP contribution in [0.2, 0.25) is 5.02 Å². The van der Waals surface area contributed by atoms with Crippen LogP contribution in [0.25, 0.3) is 0 Å². The van der Waals surface area contributed by atoms with E-state index in [0.717, 1.165) is 5.56 Å². The van der Waals surface area contributed by atoms with Gasteiger partial charge in [0, 0.05) is 17.1 Å². The minimum absolute atomic E-state index is 0.263. The number of carbonyl (C=O) groups excluding carboxylic acids is 2. The number of rotatable bonds is 6. The summed E-state index contributed by atoms with van der Waals surface area (Å²) in [6, 6.07) is 14.3. The summed E-state index contributed by atoms with van der Waals surface area (Å²) in [5.41, 5.74) is 3.67. The summed E-state index contributed by atoms with van der Waals surface area (Å²) in [7, 11) is 0. The molecule has 2 aromatic rings. The van der Waals surface area contributed by atoms with Gasteiger partial charge in [0.25, 0.3) is 0 Å². The third-order valence-electron chi connectivity index (χ3n) is 3.14. The SMILES string of the molecule is CCOc1ccc(Cl)cc1/C=N\NC(=O)C(=O)NCc1ccccc1. The number of carbonyl (C=O) groups is 2. The van der Waals surface area contributed by atoms with Crippen molar-refractivity contribution >= 4 is 29.6 Å². The molecule has 2 N–H and O–H groups in total. The number of hydrogen-bond donors (Lipinski definition) is 2. The van der Waals surface area contributed by atoms with E-state index < -0.39 is 11.8 Å². The topological polar surface area (TPSA) is 79.8 Å². The first-order chi connectivity index (χ1) is 12.1. The molecule has 0 aliphatic heterocycles. The van der Waals surface area contributed by atoms with E-state index in [4.69, 9.17) is 16.3 Å². The molecular formula is C18H18ClN3O3. The van der Waals surface area contributed by atoms with Gasteiger partial charge in [0.2, 0.25) is 0 Å². The first-order valence-corrected chi connectivity index (χ1v) is 8.05. The molecule has 2 rings (SSSR count). The number of hydrazone groups is 1. The van der Waals surface area contributed by atoms with E-state index in [9.17, 15) is 9.59 Å². The van der Waals surface area contributed by atoms with Crippen molar-refractivity contribution in [3.63, 3.8) is 0 Å². The van der Waals surface area contributed by atoms with Crippen molar-refractivity contribution in [3.8, 4) is 5.75 Å². The summed E-state index contributed by atoms with van der Waals surface area (Å²) in [5, 5.41) is 6.81. The summed E-state index contributed by atoms with van der Waals surface area (Å²) < 4.78 is 5.44.